The molecule has 0 bridgehead atoms. The van der Waals surface area contributed by atoms with E-state index in [0.717, 1.165) is 0 Å². The minimum atomic E-state index is -0.964. The molecule has 27 heavy (non-hydrogen) atoms. The van der Waals surface area contributed by atoms with E-state index in [-0.39, 0.29) is 12.2 Å². The van der Waals surface area contributed by atoms with Gasteiger partial charge in [-0.3, -0.25) is 0 Å². The lowest BCUT2D eigenvalue weighted by atomic mass is 9.96. The van der Waals surface area contributed by atoms with E-state index >= 15 is 0 Å². The number of hydrogen-bond acceptors (Lipinski definition) is 6. The molecule has 0 fully saturated rings. The zero-order valence-electron chi connectivity index (χ0n) is 14.6. The highest BCUT2D eigenvalue weighted by Gasteiger charge is 2.17. The number of anilines is 1. The number of fused-ring (bicyclic) bond motifs is 1. The number of aliphatic hydroxyl groups excluding tert-OH is 2. The first-order valence-electron chi connectivity index (χ1n) is 8.28. The zero-order chi connectivity index (χ0) is 19.4. The maximum Gasteiger partial charge on any atom is 0.151 e. The third-order valence-electron chi connectivity index (χ3n) is 4.15. The van der Waals surface area contributed by atoms with Crippen LogP contribution in [0.15, 0.2) is 42.5 Å². The standard InChI is InChI=1S/C20H18FN3O3/c1-27-15-5-6-16-17(8-15)19(12-3-2-4-13(21)7-12)18(9-22)24-20(16)23-10-14(26)11-25/h2-8,14,25-26H,10-11H2,1H3,(H,23,24). The van der Waals surface area contributed by atoms with Gasteiger partial charge < -0.3 is 20.3 Å². The Kier molecular flexibility index (Phi) is 5.50. The van der Waals surface area contributed by atoms with Gasteiger partial charge in [-0.25, -0.2) is 9.37 Å². The molecule has 2 aromatic carbocycles. The van der Waals surface area contributed by atoms with Gasteiger partial charge in [-0.15, -0.1) is 0 Å². The van der Waals surface area contributed by atoms with E-state index in [4.69, 9.17) is 9.84 Å². The van der Waals surface area contributed by atoms with E-state index in [1.165, 1.54) is 19.2 Å². The van der Waals surface area contributed by atoms with Gasteiger partial charge in [-0.05, 0) is 41.3 Å². The summed E-state index contributed by atoms with van der Waals surface area (Å²) in [7, 11) is 1.53. The van der Waals surface area contributed by atoms with Gasteiger partial charge in [0.25, 0.3) is 0 Å². The molecular formula is C20H18FN3O3. The molecule has 1 unspecified atom stereocenters. The molecule has 0 aliphatic carbocycles. The molecule has 0 saturated carbocycles. The topological polar surface area (TPSA) is 98.4 Å². The van der Waals surface area contributed by atoms with Crippen molar-refractivity contribution in [1.29, 1.82) is 5.26 Å². The molecule has 3 N–H and O–H groups in total. The van der Waals surface area contributed by atoms with Crippen LogP contribution in [-0.4, -0.2) is 41.6 Å². The lowest BCUT2D eigenvalue weighted by Crippen LogP contribution is -2.23. The monoisotopic (exact) mass is 367 g/mol. The molecule has 0 aliphatic rings. The average molecular weight is 367 g/mol. The van der Waals surface area contributed by atoms with Crippen molar-refractivity contribution in [2.24, 2.45) is 0 Å². The van der Waals surface area contributed by atoms with E-state index in [2.05, 4.69) is 16.4 Å². The molecule has 1 aromatic heterocycles. The normalized spacial score (nSPS) is 11.8. The van der Waals surface area contributed by atoms with Crippen LogP contribution in [0.1, 0.15) is 5.69 Å². The molecule has 0 amide bonds. The second-order valence-electron chi connectivity index (χ2n) is 5.93. The van der Waals surface area contributed by atoms with E-state index in [1.54, 1.807) is 30.3 Å². The minimum Gasteiger partial charge on any atom is -0.497 e. The predicted octanol–water partition coefficient (Wildman–Crippen LogP) is 2.69. The lowest BCUT2D eigenvalue weighted by molar-refractivity contribution is 0.105. The van der Waals surface area contributed by atoms with Crippen LogP contribution in [0.25, 0.3) is 21.9 Å². The summed E-state index contributed by atoms with van der Waals surface area (Å²) in [5, 5.41) is 32.5. The maximum absolute atomic E-state index is 13.8. The SMILES string of the molecule is COc1ccc2c(NCC(O)CO)nc(C#N)c(-c3cccc(F)c3)c2c1. The first-order valence-corrected chi connectivity index (χ1v) is 8.28. The highest BCUT2D eigenvalue weighted by molar-refractivity contribution is 6.04. The fourth-order valence-electron chi connectivity index (χ4n) is 2.85. The van der Waals surface area contributed by atoms with Crippen molar-refractivity contribution in [3.8, 4) is 22.9 Å². The number of rotatable bonds is 6. The van der Waals surface area contributed by atoms with Crippen molar-refractivity contribution < 1.29 is 19.3 Å². The summed E-state index contributed by atoms with van der Waals surface area (Å²) in [4.78, 5) is 4.36. The molecule has 3 rings (SSSR count). The van der Waals surface area contributed by atoms with Crippen LogP contribution < -0.4 is 10.1 Å². The summed E-state index contributed by atoms with van der Waals surface area (Å²) in [6.07, 6.45) is -0.964. The van der Waals surface area contributed by atoms with Gasteiger partial charge in [0, 0.05) is 17.5 Å². The highest BCUT2D eigenvalue weighted by Crippen LogP contribution is 2.36. The van der Waals surface area contributed by atoms with E-state index in [9.17, 15) is 14.8 Å². The summed E-state index contributed by atoms with van der Waals surface area (Å²) in [5.41, 5.74) is 1.14. The van der Waals surface area contributed by atoms with E-state index in [0.29, 0.717) is 33.5 Å². The summed E-state index contributed by atoms with van der Waals surface area (Å²) in [6, 6.07) is 13.3. The molecule has 1 heterocycles. The van der Waals surface area contributed by atoms with Crippen LogP contribution in [0.4, 0.5) is 10.2 Å². The third-order valence-corrected chi connectivity index (χ3v) is 4.15. The number of methoxy groups -OCH3 is 1. The lowest BCUT2D eigenvalue weighted by Gasteiger charge is -2.16. The zero-order valence-corrected chi connectivity index (χ0v) is 14.6. The Bertz CT molecular complexity index is 1020. The first-order chi connectivity index (χ1) is 13.1. The Morgan fingerprint density at radius 3 is 2.74 bits per heavy atom. The van der Waals surface area contributed by atoms with Crippen molar-refractivity contribution in [2.75, 3.05) is 25.6 Å². The molecule has 0 radical (unpaired) electrons. The fourth-order valence-corrected chi connectivity index (χ4v) is 2.85. The number of nitriles is 1. The maximum atomic E-state index is 13.8. The van der Waals surface area contributed by atoms with Gasteiger partial charge in [0.1, 0.15) is 23.5 Å². The first kappa shape index (κ1) is 18.6. The number of pyridine rings is 1. The molecule has 7 heteroatoms. The molecular weight excluding hydrogens is 349 g/mol. The Morgan fingerprint density at radius 1 is 1.26 bits per heavy atom. The molecule has 0 saturated heterocycles. The summed E-state index contributed by atoms with van der Waals surface area (Å²) in [6.45, 7) is -0.333. The second kappa shape index (κ2) is 7.99. The molecule has 0 spiro atoms. The second-order valence-corrected chi connectivity index (χ2v) is 5.93. The summed E-state index contributed by atoms with van der Waals surface area (Å²) < 4.78 is 19.1. The number of nitrogens with zero attached hydrogens (tertiary/aromatic N) is 2. The molecule has 3 aromatic rings. The van der Waals surface area contributed by atoms with Crippen LogP contribution >= 0.6 is 0 Å². The van der Waals surface area contributed by atoms with Gasteiger partial charge in [0.15, 0.2) is 5.69 Å². The molecule has 138 valence electrons. The van der Waals surface area contributed by atoms with Crippen molar-refractivity contribution in [1.82, 2.24) is 4.98 Å². The number of halogens is 1. The van der Waals surface area contributed by atoms with Crippen molar-refractivity contribution >= 4 is 16.6 Å². The van der Waals surface area contributed by atoms with Crippen molar-refractivity contribution in [2.45, 2.75) is 6.10 Å². The van der Waals surface area contributed by atoms with Crippen LogP contribution in [-0.2, 0) is 0 Å². The number of benzene rings is 2. The Balaban J connectivity index is 2.26. The predicted molar refractivity (Wildman–Crippen MR) is 100.0 cm³/mol. The van der Waals surface area contributed by atoms with Gasteiger partial charge in [0.2, 0.25) is 0 Å². The Hall–Kier alpha value is -3.21. The van der Waals surface area contributed by atoms with Gasteiger partial charge in [-0.1, -0.05) is 12.1 Å². The largest absolute Gasteiger partial charge is 0.497 e. The third kappa shape index (κ3) is 3.82. The summed E-state index contributed by atoms with van der Waals surface area (Å²) >= 11 is 0. The van der Waals surface area contributed by atoms with Crippen LogP contribution in [0.5, 0.6) is 5.75 Å². The van der Waals surface area contributed by atoms with Gasteiger partial charge in [-0.2, -0.15) is 5.26 Å². The fraction of sp³-hybridized carbons (Fsp3) is 0.200. The average Bonchev–Trinajstić information content (AvgIpc) is 2.70. The Labute approximate surface area is 155 Å². The van der Waals surface area contributed by atoms with Gasteiger partial charge in [0.05, 0.1) is 19.8 Å². The summed E-state index contributed by atoms with van der Waals surface area (Å²) in [5.74, 6) is 0.550. The van der Waals surface area contributed by atoms with Crippen LogP contribution in [0, 0.1) is 17.1 Å². The van der Waals surface area contributed by atoms with Crippen LogP contribution in [0.2, 0.25) is 0 Å². The highest BCUT2D eigenvalue weighted by atomic mass is 19.1. The van der Waals surface area contributed by atoms with Crippen molar-refractivity contribution in [3.63, 3.8) is 0 Å². The Morgan fingerprint density at radius 2 is 2.07 bits per heavy atom. The number of aliphatic hydroxyl groups is 2. The quantitative estimate of drug-likeness (QED) is 0.620. The minimum absolute atomic E-state index is 0.0643. The molecule has 6 nitrogen and oxygen atoms in total. The number of ether oxygens (including phenoxy) is 1. The van der Waals surface area contributed by atoms with E-state index < -0.39 is 18.5 Å². The smallest absolute Gasteiger partial charge is 0.151 e. The van der Waals surface area contributed by atoms with E-state index in [1.807, 2.05) is 0 Å². The number of aromatic nitrogens is 1. The molecule has 0 aliphatic heterocycles. The molecule has 1 atom stereocenters. The number of nitrogens with one attached hydrogen (secondary N) is 1. The number of hydrogen-bond donors (Lipinski definition) is 3. The van der Waals surface area contributed by atoms with Crippen molar-refractivity contribution in [3.05, 3.63) is 54.0 Å². The van der Waals surface area contributed by atoms with Crippen LogP contribution in [0.3, 0.4) is 0 Å². The van der Waals surface area contributed by atoms with Gasteiger partial charge >= 0.3 is 0 Å².